The molecule has 0 aliphatic carbocycles. The van der Waals surface area contributed by atoms with Crippen molar-refractivity contribution in [2.75, 3.05) is 5.32 Å². The Labute approximate surface area is 172 Å². The van der Waals surface area contributed by atoms with Gasteiger partial charge >= 0.3 is 0 Å². The fourth-order valence-corrected chi connectivity index (χ4v) is 3.64. The molecular formula is C21H16N4O4S. The van der Waals surface area contributed by atoms with Crippen LogP contribution in [0.3, 0.4) is 0 Å². The third-order valence-electron chi connectivity index (χ3n) is 4.51. The van der Waals surface area contributed by atoms with Crippen LogP contribution >= 0.6 is 0 Å². The summed E-state index contributed by atoms with van der Waals surface area (Å²) in [4.78, 5) is 29.8. The first-order valence-electron chi connectivity index (χ1n) is 8.83. The van der Waals surface area contributed by atoms with Gasteiger partial charge in [-0.25, -0.2) is 13.6 Å². The Morgan fingerprint density at radius 2 is 1.77 bits per heavy atom. The third-order valence-corrected chi connectivity index (χ3v) is 5.44. The van der Waals surface area contributed by atoms with E-state index in [2.05, 4.69) is 10.3 Å². The first-order valence-corrected chi connectivity index (χ1v) is 10.4. The summed E-state index contributed by atoms with van der Waals surface area (Å²) in [6.07, 6.45) is 4.95. The van der Waals surface area contributed by atoms with Gasteiger partial charge in [-0.05, 0) is 48.5 Å². The molecule has 0 radical (unpaired) electrons. The molecule has 3 N–H and O–H groups in total. The number of carbonyl (C=O) groups is 2. The van der Waals surface area contributed by atoms with Crippen LogP contribution in [0.1, 0.15) is 10.5 Å². The van der Waals surface area contributed by atoms with Gasteiger partial charge in [0.1, 0.15) is 5.69 Å². The van der Waals surface area contributed by atoms with E-state index in [1.54, 1.807) is 35.1 Å². The standard InChI is InChI=1S/C21H16N4O4S/c22-30(28,29)17-8-6-15(7-9-17)24-21(27)20(26)19-18(14-4-3-10-23-13-14)12-16-5-1-2-11-25(16)19/h1-13H,(H,24,27)(H2,22,28,29). The van der Waals surface area contributed by atoms with Gasteiger partial charge in [-0.1, -0.05) is 12.1 Å². The Morgan fingerprint density at radius 3 is 2.43 bits per heavy atom. The SMILES string of the molecule is NS(=O)(=O)c1ccc(NC(=O)C(=O)c2c(-c3cccnc3)cc3ccccn23)cc1. The molecule has 3 aromatic heterocycles. The van der Waals surface area contributed by atoms with Crippen molar-refractivity contribution >= 4 is 32.9 Å². The minimum atomic E-state index is -3.85. The minimum Gasteiger partial charge on any atom is -0.319 e. The van der Waals surface area contributed by atoms with Gasteiger partial charge in [-0.2, -0.15) is 0 Å². The molecule has 0 bridgehead atoms. The predicted molar refractivity (Wildman–Crippen MR) is 111 cm³/mol. The summed E-state index contributed by atoms with van der Waals surface area (Å²) in [5, 5.41) is 7.57. The molecule has 4 rings (SSSR count). The Bertz CT molecular complexity index is 1360. The molecule has 150 valence electrons. The summed E-state index contributed by atoms with van der Waals surface area (Å²) in [5.41, 5.74) is 2.51. The zero-order chi connectivity index (χ0) is 21.3. The summed E-state index contributed by atoms with van der Waals surface area (Å²) in [6, 6.07) is 16.0. The molecule has 0 saturated heterocycles. The van der Waals surface area contributed by atoms with Crippen molar-refractivity contribution in [1.29, 1.82) is 0 Å². The van der Waals surface area contributed by atoms with E-state index in [9.17, 15) is 18.0 Å². The molecule has 4 aromatic rings. The number of benzene rings is 1. The molecule has 3 heterocycles. The second-order valence-electron chi connectivity index (χ2n) is 6.50. The predicted octanol–water partition coefficient (Wildman–Crippen LogP) is 2.47. The summed E-state index contributed by atoms with van der Waals surface area (Å²) in [5.74, 6) is -1.59. The summed E-state index contributed by atoms with van der Waals surface area (Å²) >= 11 is 0. The molecule has 0 aliphatic heterocycles. The number of anilines is 1. The van der Waals surface area contributed by atoms with E-state index >= 15 is 0 Å². The number of nitrogens with one attached hydrogen (secondary N) is 1. The number of ketones is 1. The average molecular weight is 420 g/mol. The lowest BCUT2D eigenvalue weighted by molar-refractivity contribution is -0.112. The van der Waals surface area contributed by atoms with Crippen LogP contribution in [0.5, 0.6) is 0 Å². The second kappa shape index (κ2) is 7.54. The highest BCUT2D eigenvalue weighted by Gasteiger charge is 2.25. The highest BCUT2D eigenvalue weighted by Crippen LogP contribution is 2.28. The largest absolute Gasteiger partial charge is 0.319 e. The van der Waals surface area contributed by atoms with E-state index in [-0.39, 0.29) is 16.3 Å². The molecule has 1 amide bonds. The van der Waals surface area contributed by atoms with Crippen LogP contribution in [0.4, 0.5) is 5.69 Å². The van der Waals surface area contributed by atoms with Gasteiger partial charge in [-0.3, -0.25) is 14.6 Å². The van der Waals surface area contributed by atoms with Crippen molar-refractivity contribution in [2.24, 2.45) is 5.14 Å². The first kappa shape index (κ1) is 19.5. The minimum absolute atomic E-state index is 0.0942. The van der Waals surface area contributed by atoms with Crippen molar-refractivity contribution in [3.63, 3.8) is 0 Å². The third kappa shape index (κ3) is 3.71. The van der Waals surface area contributed by atoms with E-state index < -0.39 is 21.7 Å². The number of hydrogen-bond acceptors (Lipinski definition) is 5. The van der Waals surface area contributed by atoms with Crippen molar-refractivity contribution in [3.8, 4) is 11.1 Å². The Kier molecular flexibility index (Phi) is 4.90. The lowest BCUT2D eigenvalue weighted by Crippen LogP contribution is -2.24. The number of rotatable bonds is 5. The number of amides is 1. The van der Waals surface area contributed by atoms with Crippen LogP contribution in [0.25, 0.3) is 16.6 Å². The zero-order valence-corrected chi connectivity index (χ0v) is 16.3. The number of carbonyl (C=O) groups excluding carboxylic acids is 2. The number of nitrogens with zero attached hydrogens (tertiary/aromatic N) is 2. The molecule has 0 unspecified atom stereocenters. The molecule has 8 nitrogen and oxygen atoms in total. The van der Waals surface area contributed by atoms with E-state index in [1.165, 1.54) is 24.3 Å². The number of sulfonamides is 1. The maximum atomic E-state index is 13.1. The zero-order valence-electron chi connectivity index (χ0n) is 15.5. The highest BCUT2D eigenvalue weighted by atomic mass is 32.2. The van der Waals surface area contributed by atoms with Gasteiger partial charge in [0.05, 0.1) is 4.90 Å². The lowest BCUT2D eigenvalue weighted by Gasteiger charge is -2.08. The quantitative estimate of drug-likeness (QED) is 0.379. The molecule has 1 aromatic carbocycles. The average Bonchev–Trinajstić information content (AvgIpc) is 3.13. The molecule has 0 spiro atoms. The van der Waals surface area contributed by atoms with Crippen molar-refractivity contribution in [2.45, 2.75) is 4.90 Å². The fraction of sp³-hybridized carbons (Fsp3) is 0. The van der Waals surface area contributed by atoms with Crippen molar-refractivity contribution in [3.05, 3.63) is 84.9 Å². The van der Waals surface area contributed by atoms with Crippen molar-refractivity contribution in [1.82, 2.24) is 9.38 Å². The van der Waals surface area contributed by atoms with Gasteiger partial charge in [0, 0.05) is 40.9 Å². The van der Waals surface area contributed by atoms with Gasteiger partial charge in [0.2, 0.25) is 10.0 Å². The maximum Gasteiger partial charge on any atom is 0.298 e. The number of Topliss-reactive ketones (excluding diaryl/α,β-unsaturated/α-hetero) is 1. The van der Waals surface area contributed by atoms with Gasteiger partial charge < -0.3 is 9.72 Å². The number of fused-ring (bicyclic) bond motifs is 1. The van der Waals surface area contributed by atoms with Gasteiger partial charge in [0.15, 0.2) is 0 Å². The molecular weight excluding hydrogens is 404 g/mol. The van der Waals surface area contributed by atoms with Crippen molar-refractivity contribution < 1.29 is 18.0 Å². The number of pyridine rings is 2. The lowest BCUT2D eigenvalue weighted by atomic mass is 10.1. The number of primary sulfonamides is 1. The van der Waals surface area contributed by atoms with Gasteiger partial charge in [0.25, 0.3) is 11.7 Å². The number of aromatic nitrogens is 2. The molecule has 0 atom stereocenters. The number of nitrogens with two attached hydrogens (primary N) is 1. The highest BCUT2D eigenvalue weighted by molar-refractivity contribution is 7.89. The van der Waals surface area contributed by atoms with Gasteiger partial charge in [-0.15, -0.1) is 0 Å². The summed E-state index contributed by atoms with van der Waals surface area (Å²) in [6.45, 7) is 0. The van der Waals surface area contributed by atoms with Crippen LogP contribution < -0.4 is 10.5 Å². The van der Waals surface area contributed by atoms with E-state index in [0.717, 1.165) is 5.52 Å². The normalized spacial score (nSPS) is 11.4. The Balaban J connectivity index is 1.70. The Hall–Kier alpha value is -3.82. The van der Waals surface area contributed by atoms with Crippen LogP contribution in [-0.2, 0) is 14.8 Å². The summed E-state index contributed by atoms with van der Waals surface area (Å²) < 4.78 is 24.4. The van der Waals surface area contributed by atoms with E-state index in [4.69, 9.17) is 5.14 Å². The summed E-state index contributed by atoms with van der Waals surface area (Å²) in [7, 11) is -3.85. The molecule has 0 saturated carbocycles. The maximum absolute atomic E-state index is 13.1. The van der Waals surface area contributed by atoms with E-state index in [1.807, 2.05) is 24.3 Å². The van der Waals surface area contributed by atoms with Crippen LogP contribution in [0.2, 0.25) is 0 Å². The first-order chi connectivity index (χ1) is 14.3. The monoisotopic (exact) mass is 420 g/mol. The smallest absolute Gasteiger partial charge is 0.298 e. The molecule has 9 heteroatoms. The topological polar surface area (TPSA) is 124 Å². The second-order valence-corrected chi connectivity index (χ2v) is 8.06. The fourth-order valence-electron chi connectivity index (χ4n) is 3.12. The molecule has 30 heavy (non-hydrogen) atoms. The molecule has 0 fully saturated rings. The van der Waals surface area contributed by atoms with E-state index in [0.29, 0.717) is 11.1 Å². The molecule has 0 aliphatic rings. The Morgan fingerprint density at radius 1 is 1.00 bits per heavy atom. The van der Waals surface area contributed by atoms with Crippen LogP contribution in [0.15, 0.2) is 84.1 Å². The number of hydrogen-bond donors (Lipinski definition) is 2. The van der Waals surface area contributed by atoms with Crippen LogP contribution in [0, 0.1) is 0 Å². The van der Waals surface area contributed by atoms with Crippen LogP contribution in [-0.4, -0.2) is 29.5 Å².